The van der Waals surface area contributed by atoms with Crippen molar-refractivity contribution in [1.82, 2.24) is 4.90 Å². The van der Waals surface area contributed by atoms with Gasteiger partial charge in [0.25, 0.3) is 5.91 Å². The van der Waals surface area contributed by atoms with Crippen LogP contribution in [0.5, 0.6) is 5.75 Å². The van der Waals surface area contributed by atoms with E-state index in [0.717, 1.165) is 18.7 Å². The lowest BCUT2D eigenvalue weighted by Crippen LogP contribution is -2.50. The van der Waals surface area contributed by atoms with Gasteiger partial charge < -0.3 is 14.5 Å². The molecule has 126 valence electrons. The molecule has 0 radical (unpaired) electrons. The Morgan fingerprint density at radius 2 is 1.79 bits per heavy atom. The molecule has 0 aliphatic carbocycles. The molecule has 24 heavy (non-hydrogen) atoms. The van der Waals surface area contributed by atoms with Gasteiger partial charge >= 0.3 is 0 Å². The van der Waals surface area contributed by atoms with Gasteiger partial charge in [-0.3, -0.25) is 4.79 Å². The zero-order chi connectivity index (χ0) is 16.9. The molecule has 2 aromatic rings. The molecule has 2 aromatic carbocycles. The van der Waals surface area contributed by atoms with Crippen LogP contribution in [0.3, 0.4) is 0 Å². The molecular weight excluding hydrogens is 324 g/mol. The molecule has 0 N–H and O–H groups in total. The van der Waals surface area contributed by atoms with Crippen molar-refractivity contribution < 1.29 is 9.53 Å². The molecular formula is C19H21ClN2O2. The van der Waals surface area contributed by atoms with Crippen LogP contribution in [0, 0.1) is 6.92 Å². The molecule has 1 fully saturated rings. The van der Waals surface area contributed by atoms with E-state index in [2.05, 4.69) is 17.0 Å². The van der Waals surface area contributed by atoms with E-state index in [1.807, 2.05) is 42.2 Å². The second-order valence-corrected chi connectivity index (χ2v) is 6.33. The Kier molecular flexibility index (Phi) is 5.26. The number of aryl methyl sites for hydroxylation is 1. The van der Waals surface area contributed by atoms with Crippen molar-refractivity contribution in [2.24, 2.45) is 0 Å². The molecule has 1 amide bonds. The van der Waals surface area contributed by atoms with Crippen molar-refractivity contribution in [3.8, 4) is 5.75 Å². The maximum absolute atomic E-state index is 12.4. The molecule has 1 aliphatic heterocycles. The maximum Gasteiger partial charge on any atom is 0.260 e. The number of hydrogen-bond acceptors (Lipinski definition) is 3. The smallest absolute Gasteiger partial charge is 0.260 e. The fourth-order valence-electron chi connectivity index (χ4n) is 2.80. The molecule has 3 rings (SSSR count). The third-order valence-corrected chi connectivity index (χ3v) is 4.50. The van der Waals surface area contributed by atoms with Crippen molar-refractivity contribution in [2.45, 2.75) is 6.92 Å². The number of amides is 1. The molecule has 4 nitrogen and oxygen atoms in total. The number of anilines is 1. The van der Waals surface area contributed by atoms with Crippen LogP contribution in [0.4, 0.5) is 5.69 Å². The number of hydrogen-bond donors (Lipinski definition) is 0. The largest absolute Gasteiger partial charge is 0.482 e. The molecule has 5 heteroatoms. The number of carbonyl (C=O) groups is 1. The minimum absolute atomic E-state index is 0.000263. The van der Waals surface area contributed by atoms with Gasteiger partial charge in [0.2, 0.25) is 0 Å². The molecule has 0 aromatic heterocycles. The SMILES string of the molecule is Cc1ccc(Cl)c(OCC(=O)N2CCN(c3ccccc3)CC2)c1. The van der Waals surface area contributed by atoms with E-state index < -0.39 is 0 Å². The lowest BCUT2D eigenvalue weighted by atomic mass is 10.2. The number of halogens is 1. The van der Waals surface area contributed by atoms with E-state index in [0.29, 0.717) is 23.9 Å². The van der Waals surface area contributed by atoms with Gasteiger partial charge in [-0.25, -0.2) is 0 Å². The monoisotopic (exact) mass is 344 g/mol. The maximum atomic E-state index is 12.4. The average Bonchev–Trinajstić information content (AvgIpc) is 2.63. The predicted molar refractivity (Wildman–Crippen MR) is 96.9 cm³/mol. The predicted octanol–water partition coefficient (Wildman–Crippen LogP) is 3.38. The molecule has 1 aliphatic rings. The van der Waals surface area contributed by atoms with Crippen LogP contribution in [0.25, 0.3) is 0 Å². The first-order valence-corrected chi connectivity index (χ1v) is 8.48. The Morgan fingerprint density at radius 3 is 2.50 bits per heavy atom. The van der Waals surface area contributed by atoms with E-state index in [9.17, 15) is 4.79 Å². The van der Waals surface area contributed by atoms with Gasteiger partial charge in [0, 0.05) is 31.9 Å². The number of rotatable bonds is 4. The van der Waals surface area contributed by atoms with Crippen LogP contribution in [0.15, 0.2) is 48.5 Å². The minimum Gasteiger partial charge on any atom is -0.482 e. The highest BCUT2D eigenvalue weighted by molar-refractivity contribution is 6.32. The summed E-state index contributed by atoms with van der Waals surface area (Å²) in [6, 6.07) is 15.8. The average molecular weight is 345 g/mol. The van der Waals surface area contributed by atoms with Crippen LogP contribution in [-0.2, 0) is 4.79 Å². The summed E-state index contributed by atoms with van der Waals surface area (Å²) in [6.45, 7) is 5.07. The molecule has 0 bridgehead atoms. The molecule has 0 saturated carbocycles. The Hall–Kier alpha value is -2.20. The Balaban J connectivity index is 1.51. The van der Waals surface area contributed by atoms with Gasteiger partial charge in [-0.15, -0.1) is 0 Å². The van der Waals surface area contributed by atoms with Crippen molar-refractivity contribution in [2.75, 3.05) is 37.7 Å². The lowest BCUT2D eigenvalue weighted by Gasteiger charge is -2.36. The summed E-state index contributed by atoms with van der Waals surface area (Å²) in [5, 5.41) is 0.530. The topological polar surface area (TPSA) is 32.8 Å². The molecule has 1 saturated heterocycles. The van der Waals surface area contributed by atoms with Gasteiger partial charge in [0.05, 0.1) is 5.02 Å². The summed E-state index contributed by atoms with van der Waals surface area (Å²) < 4.78 is 5.61. The van der Waals surface area contributed by atoms with Gasteiger partial charge in [-0.05, 0) is 36.8 Å². The van der Waals surface area contributed by atoms with Crippen LogP contribution < -0.4 is 9.64 Å². The van der Waals surface area contributed by atoms with Gasteiger partial charge in [-0.1, -0.05) is 35.9 Å². The van der Waals surface area contributed by atoms with Crippen molar-refractivity contribution in [3.63, 3.8) is 0 Å². The third kappa shape index (κ3) is 4.01. The summed E-state index contributed by atoms with van der Waals surface area (Å²) in [6.07, 6.45) is 0. The number of carbonyl (C=O) groups excluding carboxylic acids is 1. The number of para-hydroxylation sites is 1. The summed E-state index contributed by atoms with van der Waals surface area (Å²) in [5.74, 6) is 0.563. The molecule has 1 heterocycles. The minimum atomic E-state index is 0.000263. The first kappa shape index (κ1) is 16.7. The van der Waals surface area contributed by atoms with Crippen LogP contribution in [-0.4, -0.2) is 43.6 Å². The Morgan fingerprint density at radius 1 is 1.08 bits per heavy atom. The number of benzene rings is 2. The van der Waals surface area contributed by atoms with E-state index in [4.69, 9.17) is 16.3 Å². The first-order chi connectivity index (χ1) is 11.6. The fourth-order valence-corrected chi connectivity index (χ4v) is 2.98. The zero-order valence-corrected chi connectivity index (χ0v) is 14.5. The van der Waals surface area contributed by atoms with E-state index in [1.165, 1.54) is 5.69 Å². The second-order valence-electron chi connectivity index (χ2n) is 5.93. The van der Waals surface area contributed by atoms with Gasteiger partial charge in [-0.2, -0.15) is 0 Å². The quantitative estimate of drug-likeness (QED) is 0.852. The summed E-state index contributed by atoms with van der Waals surface area (Å²) in [4.78, 5) is 16.5. The summed E-state index contributed by atoms with van der Waals surface area (Å²) in [5.41, 5.74) is 2.26. The highest BCUT2D eigenvalue weighted by atomic mass is 35.5. The first-order valence-electron chi connectivity index (χ1n) is 8.10. The van der Waals surface area contributed by atoms with Crippen molar-refractivity contribution >= 4 is 23.2 Å². The van der Waals surface area contributed by atoms with Crippen LogP contribution in [0.2, 0.25) is 5.02 Å². The van der Waals surface area contributed by atoms with Crippen LogP contribution in [0.1, 0.15) is 5.56 Å². The number of nitrogens with zero attached hydrogens (tertiary/aromatic N) is 2. The summed E-state index contributed by atoms with van der Waals surface area (Å²) >= 11 is 6.10. The standard InChI is InChI=1S/C19H21ClN2O2/c1-15-7-8-17(20)18(13-15)24-14-19(23)22-11-9-21(10-12-22)16-5-3-2-4-6-16/h2-8,13H,9-12,14H2,1H3. The molecule has 0 spiro atoms. The normalized spacial score (nSPS) is 14.6. The van der Waals surface area contributed by atoms with Crippen LogP contribution >= 0.6 is 11.6 Å². The molecule has 0 atom stereocenters. The highest BCUT2D eigenvalue weighted by Gasteiger charge is 2.21. The van der Waals surface area contributed by atoms with E-state index in [-0.39, 0.29) is 12.5 Å². The Labute approximate surface area is 147 Å². The number of ether oxygens (including phenoxy) is 1. The van der Waals surface area contributed by atoms with Gasteiger partial charge in [0.15, 0.2) is 6.61 Å². The summed E-state index contributed by atoms with van der Waals surface area (Å²) in [7, 11) is 0. The Bertz CT molecular complexity index is 698. The van der Waals surface area contributed by atoms with Crippen molar-refractivity contribution in [1.29, 1.82) is 0 Å². The molecule has 0 unspecified atom stereocenters. The highest BCUT2D eigenvalue weighted by Crippen LogP contribution is 2.25. The number of piperazine rings is 1. The fraction of sp³-hybridized carbons (Fsp3) is 0.316. The van der Waals surface area contributed by atoms with Crippen molar-refractivity contribution in [3.05, 3.63) is 59.1 Å². The third-order valence-electron chi connectivity index (χ3n) is 4.19. The lowest BCUT2D eigenvalue weighted by molar-refractivity contribution is -0.133. The van der Waals surface area contributed by atoms with E-state index in [1.54, 1.807) is 6.07 Å². The second kappa shape index (κ2) is 7.58. The zero-order valence-electron chi connectivity index (χ0n) is 13.7. The van der Waals surface area contributed by atoms with E-state index >= 15 is 0 Å². The van der Waals surface area contributed by atoms with Gasteiger partial charge in [0.1, 0.15) is 5.75 Å².